The highest BCUT2D eigenvalue weighted by atomic mass is 32.2. The summed E-state index contributed by atoms with van der Waals surface area (Å²) in [7, 11) is -3.83. The van der Waals surface area contributed by atoms with Gasteiger partial charge in [-0.05, 0) is 18.6 Å². The first-order valence-corrected chi connectivity index (χ1v) is 8.27. The first-order chi connectivity index (χ1) is 10.8. The molecular formula is C13H17N3O6S. The van der Waals surface area contributed by atoms with Crippen LogP contribution in [-0.4, -0.2) is 60.3 Å². The Labute approximate surface area is 133 Å². The van der Waals surface area contributed by atoms with Crippen molar-refractivity contribution in [1.29, 1.82) is 0 Å². The zero-order valence-corrected chi connectivity index (χ0v) is 12.9. The standard InChI is InChI=1S/C13H17N3O6S/c17-12(18)14-9-6-10(15-13(19)20)8-16(7-9)23(21,22)11-4-2-1-3-5-11/h1-5,9-10,14-15H,6-8H2,(H,17,18)(H,19,20). The van der Waals surface area contributed by atoms with Crippen LogP contribution in [0.25, 0.3) is 0 Å². The molecule has 4 N–H and O–H groups in total. The third kappa shape index (κ3) is 4.33. The summed E-state index contributed by atoms with van der Waals surface area (Å²) in [6, 6.07) is 6.31. The smallest absolute Gasteiger partial charge is 0.404 e. The average molecular weight is 343 g/mol. The number of piperidine rings is 1. The van der Waals surface area contributed by atoms with Gasteiger partial charge in [0.25, 0.3) is 0 Å². The number of nitrogens with one attached hydrogen (secondary N) is 2. The van der Waals surface area contributed by atoms with E-state index in [1.165, 1.54) is 12.1 Å². The van der Waals surface area contributed by atoms with Crippen molar-refractivity contribution < 1.29 is 28.2 Å². The van der Waals surface area contributed by atoms with Gasteiger partial charge in [-0.15, -0.1) is 0 Å². The van der Waals surface area contributed by atoms with Gasteiger partial charge in [0.1, 0.15) is 0 Å². The summed E-state index contributed by atoms with van der Waals surface area (Å²) < 4.78 is 26.3. The minimum absolute atomic E-state index is 0.0542. The van der Waals surface area contributed by atoms with E-state index in [9.17, 15) is 18.0 Å². The number of nitrogens with zero attached hydrogens (tertiary/aromatic N) is 1. The molecule has 1 saturated heterocycles. The quantitative estimate of drug-likeness (QED) is 0.623. The van der Waals surface area contributed by atoms with Crippen LogP contribution in [0.2, 0.25) is 0 Å². The van der Waals surface area contributed by atoms with Crippen LogP contribution in [0.1, 0.15) is 6.42 Å². The van der Waals surface area contributed by atoms with Gasteiger partial charge in [0.15, 0.2) is 0 Å². The maximum Gasteiger partial charge on any atom is 0.404 e. The normalized spacial score (nSPS) is 22.3. The van der Waals surface area contributed by atoms with E-state index in [-0.39, 0.29) is 24.4 Å². The van der Waals surface area contributed by atoms with Crippen molar-refractivity contribution in [1.82, 2.24) is 14.9 Å². The lowest BCUT2D eigenvalue weighted by Gasteiger charge is -2.36. The number of benzene rings is 1. The fourth-order valence-electron chi connectivity index (χ4n) is 2.55. The van der Waals surface area contributed by atoms with Crippen LogP contribution in [0.5, 0.6) is 0 Å². The second kappa shape index (κ2) is 6.84. The van der Waals surface area contributed by atoms with Crippen LogP contribution in [0, 0.1) is 0 Å². The van der Waals surface area contributed by atoms with Gasteiger partial charge in [-0.3, -0.25) is 0 Å². The molecule has 2 unspecified atom stereocenters. The van der Waals surface area contributed by atoms with Crippen molar-refractivity contribution in [2.75, 3.05) is 13.1 Å². The molecule has 0 bridgehead atoms. The van der Waals surface area contributed by atoms with Crippen molar-refractivity contribution in [2.45, 2.75) is 23.4 Å². The summed E-state index contributed by atoms with van der Waals surface area (Å²) in [5.74, 6) is 0. The Morgan fingerprint density at radius 2 is 1.48 bits per heavy atom. The number of amides is 2. The Hall–Kier alpha value is -2.33. The van der Waals surface area contributed by atoms with Gasteiger partial charge < -0.3 is 20.8 Å². The van der Waals surface area contributed by atoms with E-state index in [1.807, 2.05) is 0 Å². The Balaban J connectivity index is 2.24. The van der Waals surface area contributed by atoms with Gasteiger partial charge in [0.2, 0.25) is 10.0 Å². The van der Waals surface area contributed by atoms with E-state index in [4.69, 9.17) is 10.2 Å². The van der Waals surface area contributed by atoms with Crippen LogP contribution >= 0.6 is 0 Å². The fourth-order valence-corrected chi connectivity index (χ4v) is 4.11. The van der Waals surface area contributed by atoms with Crippen molar-refractivity contribution >= 4 is 22.2 Å². The topological polar surface area (TPSA) is 136 Å². The highest BCUT2D eigenvalue weighted by molar-refractivity contribution is 7.89. The van der Waals surface area contributed by atoms with Crippen LogP contribution < -0.4 is 10.6 Å². The van der Waals surface area contributed by atoms with E-state index in [0.29, 0.717) is 0 Å². The molecule has 9 nitrogen and oxygen atoms in total. The number of hydrogen-bond donors (Lipinski definition) is 4. The van der Waals surface area contributed by atoms with Crippen LogP contribution in [0.15, 0.2) is 35.2 Å². The van der Waals surface area contributed by atoms with E-state index in [1.54, 1.807) is 18.2 Å². The van der Waals surface area contributed by atoms with Crippen LogP contribution in [-0.2, 0) is 10.0 Å². The molecule has 1 aliphatic heterocycles. The zero-order chi connectivity index (χ0) is 17.0. The number of carbonyl (C=O) groups is 2. The molecule has 1 heterocycles. The van der Waals surface area contributed by atoms with Crippen LogP contribution in [0.4, 0.5) is 9.59 Å². The van der Waals surface area contributed by atoms with Crippen molar-refractivity contribution in [2.24, 2.45) is 0 Å². The minimum atomic E-state index is -3.83. The van der Waals surface area contributed by atoms with Crippen molar-refractivity contribution in [3.63, 3.8) is 0 Å². The summed E-state index contributed by atoms with van der Waals surface area (Å²) in [5, 5.41) is 22.1. The van der Waals surface area contributed by atoms with Gasteiger partial charge in [0, 0.05) is 25.2 Å². The monoisotopic (exact) mass is 343 g/mol. The molecule has 0 saturated carbocycles. The summed E-state index contributed by atoms with van der Waals surface area (Å²) >= 11 is 0. The summed E-state index contributed by atoms with van der Waals surface area (Å²) in [6.45, 7) is -0.108. The average Bonchev–Trinajstić information content (AvgIpc) is 2.46. The zero-order valence-electron chi connectivity index (χ0n) is 12.0. The molecule has 2 amide bonds. The molecule has 0 spiro atoms. The maximum atomic E-state index is 12.6. The number of rotatable bonds is 4. The lowest BCUT2D eigenvalue weighted by Crippen LogP contribution is -2.58. The largest absolute Gasteiger partial charge is 0.465 e. The fraction of sp³-hybridized carbons (Fsp3) is 0.385. The molecular weight excluding hydrogens is 326 g/mol. The van der Waals surface area contributed by atoms with Gasteiger partial charge in [-0.2, -0.15) is 4.31 Å². The molecule has 1 fully saturated rings. The lowest BCUT2D eigenvalue weighted by atomic mass is 10.0. The minimum Gasteiger partial charge on any atom is -0.465 e. The van der Waals surface area contributed by atoms with E-state index in [2.05, 4.69) is 10.6 Å². The van der Waals surface area contributed by atoms with Gasteiger partial charge in [0.05, 0.1) is 4.90 Å². The molecule has 0 aliphatic carbocycles. The van der Waals surface area contributed by atoms with Crippen LogP contribution in [0.3, 0.4) is 0 Å². The third-order valence-electron chi connectivity index (χ3n) is 3.45. The first-order valence-electron chi connectivity index (χ1n) is 6.83. The van der Waals surface area contributed by atoms with Gasteiger partial charge in [-0.1, -0.05) is 18.2 Å². The summed E-state index contributed by atoms with van der Waals surface area (Å²) in [4.78, 5) is 21.7. The Morgan fingerprint density at radius 1 is 1.00 bits per heavy atom. The molecule has 0 radical (unpaired) electrons. The molecule has 10 heteroatoms. The molecule has 0 aromatic heterocycles. The van der Waals surface area contributed by atoms with Crippen molar-refractivity contribution in [3.05, 3.63) is 30.3 Å². The first kappa shape index (κ1) is 17.0. The number of hydrogen-bond acceptors (Lipinski definition) is 4. The second-order valence-corrected chi connectivity index (χ2v) is 7.10. The Bertz CT molecular complexity index is 654. The molecule has 1 aliphatic rings. The van der Waals surface area contributed by atoms with E-state index in [0.717, 1.165) is 4.31 Å². The molecule has 1 aromatic rings. The predicted molar refractivity (Wildman–Crippen MR) is 79.7 cm³/mol. The predicted octanol–water partition coefficient (Wildman–Crippen LogP) is 0.353. The number of sulfonamides is 1. The van der Waals surface area contributed by atoms with Gasteiger partial charge in [-0.25, -0.2) is 18.0 Å². The van der Waals surface area contributed by atoms with E-state index < -0.39 is 34.3 Å². The summed E-state index contributed by atoms with van der Waals surface area (Å²) in [6.07, 6.45) is -2.40. The second-order valence-electron chi connectivity index (χ2n) is 5.16. The van der Waals surface area contributed by atoms with E-state index >= 15 is 0 Å². The Kier molecular flexibility index (Phi) is 5.06. The molecule has 23 heavy (non-hydrogen) atoms. The number of carboxylic acid groups (broad SMARTS) is 2. The van der Waals surface area contributed by atoms with Crippen molar-refractivity contribution in [3.8, 4) is 0 Å². The van der Waals surface area contributed by atoms with Gasteiger partial charge >= 0.3 is 12.2 Å². The SMILES string of the molecule is O=C(O)NC1CC(NC(=O)O)CN(S(=O)(=O)c2ccccc2)C1. The molecule has 1 aromatic carbocycles. The lowest BCUT2D eigenvalue weighted by molar-refractivity contribution is 0.166. The Morgan fingerprint density at radius 3 is 1.91 bits per heavy atom. The third-order valence-corrected chi connectivity index (χ3v) is 5.30. The summed E-state index contributed by atoms with van der Waals surface area (Å²) in [5.41, 5.74) is 0. The highest BCUT2D eigenvalue weighted by Gasteiger charge is 2.36. The molecule has 2 atom stereocenters. The maximum absolute atomic E-state index is 12.6. The molecule has 126 valence electrons. The highest BCUT2D eigenvalue weighted by Crippen LogP contribution is 2.21. The molecule has 2 rings (SSSR count).